The van der Waals surface area contributed by atoms with Crippen molar-refractivity contribution in [3.8, 4) is 0 Å². The molecule has 112 valence electrons. The Hall–Kier alpha value is -1.18. The van der Waals surface area contributed by atoms with Crippen LogP contribution in [0.25, 0.3) is 0 Å². The number of nitrogens with zero attached hydrogens (tertiary/aromatic N) is 3. The van der Waals surface area contributed by atoms with Crippen molar-refractivity contribution in [2.75, 3.05) is 31.6 Å². The Morgan fingerprint density at radius 1 is 1.55 bits per heavy atom. The van der Waals surface area contributed by atoms with Crippen LogP contribution in [0, 0.1) is 10.1 Å². The van der Waals surface area contributed by atoms with Crippen molar-refractivity contribution in [3.63, 3.8) is 0 Å². The Morgan fingerprint density at radius 2 is 2.25 bits per heavy atom. The molecule has 1 unspecified atom stereocenters. The first-order chi connectivity index (χ1) is 9.40. The minimum atomic E-state index is -0.669. The second-order valence-corrected chi connectivity index (χ2v) is 6.49. The fraction of sp³-hybridized carbons (Fsp3) is 0.692. The number of rotatable bonds is 3. The zero-order valence-electron chi connectivity index (χ0n) is 12.1. The Morgan fingerprint density at radius 3 is 2.85 bits per heavy atom. The van der Waals surface area contributed by atoms with Crippen LogP contribution in [-0.4, -0.2) is 47.7 Å². The minimum Gasteiger partial charge on any atom is -0.388 e. The van der Waals surface area contributed by atoms with Crippen molar-refractivity contribution < 1.29 is 10.0 Å². The van der Waals surface area contributed by atoms with Gasteiger partial charge >= 0.3 is 5.69 Å². The summed E-state index contributed by atoms with van der Waals surface area (Å²) >= 11 is 1.33. The summed E-state index contributed by atoms with van der Waals surface area (Å²) in [7, 11) is 2.07. The summed E-state index contributed by atoms with van der Waals surface area (Å²) in [6.45, 7) is 6.43. The van der Waals surface area contributed by atoms with E-state index in [0.717, 1.165) is 26.1 Å². The van der Waals surface area contributed by atoms with Gasteiger partial charge in [-0.25, -0.2) is 0 Å². The molecular formula is C13H21N3O3S. The van der Waals surface area contributed by atoms with Gasteiger partial charge in [0.25, 0.3) is 0 Å². The molecule has 2 rings (SSSR count). The molecule has 0 radical (unpaired) electrons. The lowest BCUT2D eigenvalue weighted by molar-refractivity contribution is -0.383. The molecule has 1 aliphatic rings. The molecule has 1 aliphatic heterocycles. The van der Waals surface area contributed by atoms with Gasteiger partial charge in [-0.15, -0.1) is 11.3 Å². The van der Waals surface area contributed by atoms with Crippen molar-refractivity contribution in [2.45, 2.75) is 32.4 Å². The predicted molar refractivity (Wildman–Crippen MR) is 80.5 cm³/mol. The van der Waals surface area contributed by atoms with Gasteiger partial charge < -0.3 is 14.9 Å². The molecule has 1 N–H and O–H groups in total. The van der Waals surface area contributed by atoms with Gasteiger partial charge in [-0.2, -0.15) is 0 Å². The van der Waals surface area contributed by atoms with Crippen molar-refractivity contribution in [1.82, 2.24) is 4.90 Å². The molecule has 2 heterocycles. The van der Waals surface area contributed by atoms with E-state index < -0.39 is 6.10 Å². The number of aliphatic hydroxyl groups is 1. The quantitative estimate of drug-likeness (QED) is 0.684. The van der Waals surface area contributed by atoms with E-state index in [-0.39, 0.29) is 16.7 Å². The smallest absolute Gasteiger partial charge is 0.304 e. The predicted octanol–water partition coefficient (Wildman–Crippen LogP) is 2.24. The van der Waals surface area contributed by atoms with Crippen LogP contribution in [0.4, 0.5) is 10.7 Å². The first kappa shape index (κ1) is 15.2. The van der Waals surface area contributed by atoms with Crippen LogP contribution in [0.5, 0.6) is 0 Å². The molecule has 7 heteroatoms. The summed E-state index contributed by atoms with van der Waals surface area (Å²) in [5.41, 5.74) is 0.113. The van der Waals surface area contributed by atoms with Crippen molar-refractivity contribution in [3.05, 3.63) is 21.1 Å². The minimum absolute atomic E-state index is 0.113. The Bertz CT molecular complexity index is 489. The number of likely N-dealkylation sites (N-methyl/N-ethyl adjacent to an activating group) is 1. The van der Waals surface area contributed by atoms with Gasteiger partial charge in [0.1, 0.15) is 0 Å². The van der Waals surface area contributed by atoms with Gasteiger partial charge in [-0.1, -0.05) is 0 Å². The summed E-state index contributed by atoms with van der Waals surface area (Å²) in [4.78, 5) is 15.9. The van der Waals surface area contributed by atoms with E-state index in [4.69, 9.17) is 0 Å². The third kappa shape index (κ3) is 3.11. The van der Waals surface area contributed by atoms with Crippen molar-refractivity contribution in [1.29, 1.82) is 0 Å². The number of hydrogen-bond acceptors (Lipinski definition) is 6. The number of hydrogen-bond donors (Lipinski definition) is 1. The van der Waals surface area contributed by atoms with Crippen LogP contribution in [0.3, 0.4) is 0 Å². The fourth-order valence-corrected chi connectivity index (χ4v) is 3.80. The third-order valence-corrected chi connectivity index (χ3v) is 4.96. The highest BCUT2D eigenvalue weighted by Gasteiger charge is 2.29. The van der Waals surface area contributed by atoms with Crippen LogP contribution in [0.15, 0.2) is 6.07 Å². The van der Waals surface area contributed by atoms with E-state index in [0.29, 0.717) is 9.88 Å². The Labute approximate surface area is 122 Å². The van der Waals surface area contributed by atoms with Crippen molar-refractivity contribution in [2.24, 2.45) is 0 Å². The normalized spacial score (nSPS) is 22.6. The van der Waals surface area contributed by atoms with Crippen LogP contribution < -0.4 is 4.90 Å². The zero-order valence-corrected chi connectivity index (χ0v) is 12.9. The largest absolute Gasteiger partial charge is 0.388 e. The van der Waals surface area contributed by atoms with E-state index in [1.807, 2.05) is 0 Å². The highest BCUT2D eigenvalue weighted by molar-refractivity contribution is 7.16. The summed E-state index contributed by atoms with van der Waals surface area (Å²) < 4.78 is 0. The molecule has 1 aromatic heterocycles. The van der Waals surface area contributed by atoms with Gasteiger partial charge in [0.15, 0.2) is 5.00 Å². The second-order valence-electron chi connectivity index (χ2n) is 5.43. The molecule has 0 spiro atoms. The van der Waals surface area contributed by atoms with E-state index in [1.165, 1.54) is 17.4 Å². The molecule has 20 heavy (non-hydrogen) atoms. The zero-order chi connectivity index (χ0) is 14.9. The fourth-order valence-electron chi connectivity index (χ4n) is 2.61. The standard InChI is InChI=1S/C13H21N3O3S/c1-9-8-14(3)5-4-6-15(9)13-11(16(18)19)7-12(20-13)10(2)17/h7,9-10,17H,4-6,8H2,1-3H3/t9?,10-/m1/s1. The van der Waals surface area contributed by atoms with Gasteiger partial charge in [-0.3, -0.25) is 10.1 Å². The van der Waals surface area contributed by atoms with Gasteiger partial charge in [0.05, 0.1) is 11.0 Å². The number of aliphatic hydroxyl groups excluding tert-OH is 1. The number of anilines is 1. The lowest BCUT2D eigenvalue weighted by Crippen LogP contribution is -2.37. The first-order valence-corrected chi connectivity index (χ1v) is 7.63. The summed E-state index contributed by atoms with van der Waals surface area (Å²) in [6.07, 6.45) is 0.317. The molecule has 2 atom stereocenters. The third-order valence-electron chi connectivity index (χ3n) is 3.63. The summed E-state index contributed by atoms with van der Waals surface area (Å²) in [5, 5.41) is 21.6. The van der Waals surface area contributed by atoms with E-state index in [1.54, 1.807) is 6.92 Å². The average Bonchev–Trinajstić information content (AvgIpc) is 2.72. The monoisotopic (exact) mass is 299 g/mol. The van der Waals surface area contributed by atoms with Gasteiger partial charge in [0, 0.05) is 30.1 Å². The molecule has 1 aromatic rings. The lowest BCUT2D eigenvalue weighted by atomic mass is 10.2. The Kier molecular flexibility index (Phi) is 4.62. The maximum absolute atomic E-state index is 11.3. The number of thiophene rings is 1. The molecule has 0 saturated carbocycles. The molecule has 0 bridgehead atoms. The van der Waals surface area contributed by atoms with Crippen LogP contribution in [-0.2, 0) is 0 Å². The van der Waals surface area contributed by atoms with Crippen LogP contribution in [0.1, 0.15) is 31.2 Å². The average molecular weight is 299 g/mol. The first-order valence-electron chi connectivity index (χ1n) is 6.81. The second kappa shape index (κ2) is 6.07. The molecule has 1 fully saturated rings. The molecule has 0 amide bonds. The van der Waals surface area contributed by atoms with Crippen LogP contribution >= 0.6 is 11.3 Å². The molecule has 6 nitrogen and oxygen atoms in total. The van der Waals surface area contributed by atoms with Gasteiger partial charge in [0.2, 0.25) is 0 Å². The summed E-state index contributed by atoms with van der Waals surface area (Å²) in [6, 6.07) is 1.73. The van der Waals surface area contributed by atoms with Gasteiger partial charge in [-0.05, 0) is 33.9 Å². The maximum atomic E-state index is 11.3. The number of nitro groups is 1. The molecule has 1 saturated heterocycles. The molecule has 0 aromatic carbocycles. The van der Waals surface area contributed by atoms with Crippen LogP contribution in [0.2, 0.25) is 0 Å². The highest BCUT2D eigenvalue weighted by atomic mass is 32.1. The molecule has 0 aliphatic carbocycles. The lowest BCUT2D eigenvalue weighted by Gasteiger charge is -2.28. The maximum Gasteiger partial charge on any atom is 0.304 e. The van der Waals surface area contributed by atoms with E-state index in [2.05, 4.69) is 23.8 Å². The van der Waals surface area contributed by atoms with E-state index in [9.17, 15) is 15.2 Å². The van der Waals surface area contributed by atoms with Crippen molar-refractivity contribution >= 4 is 22.0 Å². The SMILES string of the molecule is CC1CN(C)CCCN1c1sc([C@@H](C)O)cc1[N+](=O)[O-]. The topological polar surface area (TPSA) is 69.8 Å². The molecular weight excluding hydrogens is 278 g/mol. The van der Waals surface area contributed by atoms with E-state index >= 15 is 0 Å². The highest BCUT2D eigenvalue weighted by Crippen LogP contribution is 2.41. The summed E-state index contributed by atoms with van der Waals surface area (Å²) in [5.74, 6) is 0. The Balaban J connectivity index is 2.36.